The van der Waals surface area contributed by atoms with Crippen LogP contribution in [0.15, 0.2) is 35.4 Å². The lowest BCUT2D eigenvalue weighted by atomic mass is 10.2. The molecule has 9 heteroatoms. The molecule has 0 bridgehead atoms. The maximum Gasteiger partial charge on any atom is 0.279 e. The zero-order valence-corrected chi connectivity index (χ0v) is 15.8. The van der Waals surface area contributed by atoms with Crippen molar-refractivity contribution in [3.05, 3.63) is 51.7 Å². The third kappa shape index (κ3) is 3.11. The highest BCUT2D eigenvalue weighted by Crippen LogP contribution is 2.21. The number of aryl methyl sites for hydroxylation is 1. The van der Waals surface area contributed by atoms with Gasteiger partial charge in [0.05, 0.1) is 12.0 Å². The molecule has 1 aliphatic rings. The van der Waals surface area contributed by atoms with Crippen molar-refractivity contribution in [3.63, 3.8) is 0 Å². The van der Waals surface area contributed by atoms with Gasteiger partial charge in [-0.15, -0.1) is 0 Å². The quantitative estimate of drug-likeness (QED) is 0.660. The number of hydrogen-bond donors (Lipinski definition) is 0. The van der Waals surface area contributed by atoms with Crippen LogP contribution in [0.2, 0.25) is 5.02 Å². The van der Waals surface area contributed by atoms with Gasteiger partial charge in [0.25, 0.3) is 11.5 Å². The average Bonchev–Trinajstić information content (AvgIpc) is 3.05. The van der Waals surface area contributed by atoms with E-state index in [4.69, 9.17) is 11.6 Å². The summed E-state index contributed by atoms with van der Waals surface area (Å²) in [5, 5.41) is 5.06. The molecule has 1 amide bonds. The summed E-state index contributed by atoms with van der Waals surface area (Å²) in [6.07, 6.45) is 1.42. The lowest BCUT2D eigenvalue weighted by Gasteiger charge is -2.31. The van der Waals surface area contributed by atoms with E-state index in [0.717, 1.165) is 13.1 Å². The van der Waals surface area contributed by atoms with Crippen LogP contribution in [0.1, 0.15) is 10.5 Å². The van der Waals surface area contributed by atoms with Crippen molar-refractivity contribution in [2.24, 2.45) is 7.05 Å². The molecule has 0 N–H and O–H groups in total. The molecule has 0 aliphatic carbocycles. The standard InChI is InChI=1S/C18H19ClN6O2/c1-22-7-9-24(10-8-22)17(26)15-14-16(18(27)23(2)11-20-14)25(21-15)13-5-3-12(19)4-6-13/h3-6,11H,7-10H2,1-2H3. The van der Waals surface area contributed by atoms with Gasteiger partial charge in [-0.2, -0.15) is 5.10 Å². The molecule has 1 aliphatic heterocycles. The summed E-state index contributed by atoms with van der Waals surface area (Å²) >= 11 is 5.97. The highest BCUT2D eigenvalue weighted by molar-refractivity contribution is 6.30. The third-order valence-electron chi connectivity index (χ3n) is 4.81. The number of hydrogen-bond acceptors (Lipinski definition) is 5. The van der Waals surface area contributed by atoms with Gasteiger partial charge in [-0.1, -0.05) is 11.6 Å². The number of likely N-dealkylation sites (N-methyl/N-ethyl adjacent to an activating group) is 1. The fourth-order valence-corrected chi connectivity index (χ4v) is 3.29. The zero-order chi connectivity index (χ0) is 19.1. The number of aromatic nitrogens is 4. The van der Waals surface area contributed by atoms with Gasteiger partial charge in [0.15, 0.2) is 11.2 Å². The van der Waals surface area contributed by atoms with E-state index in [0.29, 0.717) is 29.3 Å². The zero-order valence-electron chi connectivity index (χ0n) is 15.1. The maximum atomic E-state index is 13.1. The van der Waals surface area contributed by atoms with Crippen LogP contribution in [0.25, 0.3) is 16.7 Å². The minimum atomic E-state index is -0.264. The lowest BCUT2D eigenvalue weighted by molar-refractivity contribution is 0.0659. The second kappa shape index (κ2) is 6.79. The summed E-state index contributed by atoms with van der Waals surface area (Å²) < 4.78 is 2.85. The fourth-order valence-electron chi connectivity index (χ4n) is 3.16. The minimum Gasteiger partial charge on any atom is -0.335 e. The number of carbonyl (C=O) groups excluding carboxylic acids is 1. The molecule has 0 saturated carbocycles. The van der Waals surface area contributed by atoms with Gasteiger partial charge in [-0.25, -0.2) is 9.67 Å². The van der Waals surface area contributed by atoms with Crippen LogP contribution in [0.3, 0.4) is 0 Å². The molecule has 1 aromatic carbocycles. The molecular weight excluding hydrogens is 368 g/mol. The molecule has 4 rings (SSSR count). The molecule has 1 fully saturated rings. The van der Waals surface area contributed by atoms with Crippen LogP contribution in [-0.4, -0.2) is 68.3 Å². The highest BCUT2D eigenvalue weighted by atomic mass is 35.5. The van der Waals surface area contributed by atoms with E-state index in [2.05, 4.69) is 15.0 Å². The first-order valence-electron chi connectivity index (χ1n) is 8.64. The molecule has 27 heavy (non-hydrogen) atoms. The van der Waals surface area contributed by atoms with Crippen molar-refractivity contribution in [2.75, 3.05) is 33.2 Å². The van der Waals surface area contributed by atoms with Gasteiger partial charge >= 0.3 is 0 Å². The Kier molecular flexibility index (Phi) is 4.45. The monoisotopic (exact) mass is 386 g/mol. The molecule has 140 valence electrons. The first-order valence-corrected chi connectivity index (χ1v) is 9.01. The fraction of sp³-hybridized carbons (Fsp3) is 0.333. The molecule has 3 heterocycles. The molecular formula is C18H19ClN6O2. The number of amides is 1. The van der Waals surface area contributed by atoms with Crippen molar-refractivity contribution in [1.29, 1.82) is 0 Å². The first kappa shape index (κ1) is 17.7. The Morgan fingerprint density at radius 3 is 2.41 bits per heavy atom. The number of benzene rings is 1. The second-order valence-electron chi connectivity index (χ2n) is 6.69. The summed E-state index contributed by atoms with van der Waals surface area (Å²) in [5.41, 5.74) is 1.17. The molecule has 2 aromatic heterocycles. The average molecular weight is 387 g/mol. The molecule has 1 saturated heterocycles. The number of fused-ring (bicyclic) bond motifs is 1. The predicted molar refractivity (Wildman–Crippen MR) is 103 cm³/mol. The molecule has 0 radical (unpaired) electrons. The van der Waals surface area contributed by atoms with Crippen molar-refractivity contribution in [1.82, 2.24) is 29.1 Å². The lowest BCUT2D eigenvalue weighted by Crippen LogP contribution is -2.47. The Morgan fingerprint density at radius 1 is 1.07 bits per heavy atom. The minimum absolute atomic E-state index is 0.196. The molecule has 3 aromatic rings. The molecule has 0 spiro atoms. The van der Waals surface area contributed by atoms with Crippen LogP contribution < -0.4 is 5.56 Å². The van der Waals surface area contributed by atoms with Crippen molar-refractivity contribution < 1.29 is 4.79 Å². The highest BCUT2D eigenvalue weighted by Gasteiger charge is 2.27. The van der Waals surface area contributed by atoms with Gasteiger partial charge < -0.3 is 14.4 Å². The summed E-state index contributed by atoms with van der Waals surface area (Å²) in [4.78, 5) is 34.1. The van der Waals surface area contributed by atoms with Crippen LogP contribution in [0.5, 0.6) is 0 Å². The van der Waals surface area contributed by atoms with Crippen LogP contribution in [0, 0.1) is 0 Å². The predicted octanol–water partition coefficient (Wildman–Crippen LogP) is 1.16. The summed E-state index contributed by atoms with van der Waals surface area (Å²) in [5.74, 6) is -0.207. The molecule has 0 unspecified atom stereocenters. The Labute approximate surface area is 160 Å². The first-order chi connectivity index (χ1) is 13.0. The number of nitrogens with zero attached hydrogens (tertiary/aromatic N) is 6. The Balaban J connectivity index is 1.87. The van der Waals surface area contributed by atoms with Crippen LogP contribution in [0.4, 0.5) is 0 Å². The normalized spacial score (nSPS) is 15.4. The third-order valence-corrected chi connectivity index (χ3v) is 5.06. The van der Waals surface area contributed by atoms with E-state index in [1.54, 1.807) is 36.2 Å². The molecule has 8 nitrogen and oxygen atoms in total. The number of carbonyl (C=O) groups is 1. The van der Waals surface area contributed by atoms with Crippen molar-refractivity contribution >= 4 is 28.5 Å². The summed E-state index contributed by atoms with van der Waals surface area (Å²) in [7, 11) is 3.65. The summed E-state index contributed by atoms with van der Waals surface area (Å²) in [6.45, 7) is 2.85. The van der Waals surface area contributed by atoms with E-state index in [-0.39, 0.29) is 22.7 Å². The van der Waals surface area contributed by atoms with Crippen molar-refractivity contribution in [2.45, 2.75) is 0 Å². The van der Waals surface area contributed by atoms with Crippen molar-refractivity contribution in [3.8, 4) is 5.69 Å². The number of rotatable bonds is 2. The topological polar surface area (TPSA) is 76.3 Å². The van der Waals surface area contributed by atoms with Gasteiger partial charge in [0.2, 0.25) is 0 Å². The molecule has 0 atom stereocenters. The largest absolute Gasteiger partial charge is 0.335 e. The van der Waals surface area contributed by atoms with E-state index in [1.165, 1.54) is 15.6 Å². The SMILES string of the molecule is CN1CCN(C(=O)c2nn(-c3ccc(Cl)cc3)c3c(=O)n(C)cnc23)CC1. The van der Waals surface area contributed by atoms with Gasteiger partial charge in [-0.05, 0) is 31.3 Å². The van der Waals surface area contributed by atoms with E-state index < -0.39 is 0 Å². The second-order valence-corrected chi connectivity index (χ2v) is 7.13. The van der Waals surface area contributed by atoms with E-state index in [9.17, 15) is 9.59 Å². The van der Waals surface area contributed by atoms with E-state index >= 15 is 0 Å². The number of piperazine rings is 1. The van der Waals surface area contributed by atoms with Gasteiger partial charge in [0, 0.05) is 38.2 Å². The summed E-state index contributed by atoms with van der Waals surface area (Å²) in [6, 6.07) is 6.94. The Morgan fingerprint density at radius 2 is 1.74 bits per heavy atom. The smallest absolute Gasteiger partial charge is 0.279 e. The van der Waals surface area contributed by atoms with Gasteiger partial charge in [-0.3, -0.25) is 9.59 Å². The van der Waals surface area contributed by atoms with Gasteiger partial charge in [0.1, 0.15) is 5.52 Å². The van der Waals surface area contributed by atoms with Crippen LogP contribution in [-0.2, 0) is 7.05 Å². The Bertz CT molecular complexity index is 1060. The Hall–Kier alpha value is -2.71. The van der Waals surface area contributed by atoms with Crippen LogP contribution >= 0.6 is 11.6 Å². The van der Waals surface area contributed by atoms with E-state index in [1.807, 2.05) is 7.05 Å². The maximum absolute atomic E-state index is 13.1. The number of halogens is 1.